The molecule has 1 aliphatic rings. The molecule has 3 aromatic rings. The van der Waals surface area contributed by atoms with E-state index >= 15 is 0 Å². The Bertz CT molecular complexity index is 1190. The van der Waals surface area contributed by atoms with Crippen molar-refractivity contribution in [3.63, 3.8) is 0 Å². The molecule has 0 unspecified atom stereocenters. The van der Waals surface area contributed by atoms with E-state index in [1.165, 1.54) is 16.8 Å². The van der Waals surface area contributed by atoms with Crippen LogP contribution in [0.3, 0.4) is 0 Å². The lowest BCUT2D eigenvalue weighted by Gasteiger charge is -2.31. The van der Waals surface area contributed by atoms with Crippen molar-refractivity contribution in [2.24, 2.45) is 0 Å². The van der Waals surface area contributed by atoms with Crippen LogP contribution in [-0.2, 0) is 20.4 Å². The number of benzene rings is 1. The Morgan fingerprint density at radius 2 is 2.00 bits per heavy atom. The first kappa shape index (κ1) is 22.5. The van der Waals surface area contributed by atoms with Crippen LogP contribution in [0.4, 0.5) is 24.5 Å². The third-order valence-electron chi connectivity index (χ3n) is 5.06. The number of ether oxygens (including phenoxy) is 2. The number of aromatic nitrogens is 3. The van der Waals surface area contributed by atoms with Gasteiger partial charge < -0.3 is 19.7 Å². The van der Waals surface area contributed by atoms with Crippen LogP contribution >= 0.6 is 0 Å². The normalized spacial score (nSPS) is 14.4. The number of aryl methyl sites for hydroxylation is 1. The van der Waals surface area contributed by atoms with Crippen molar-refractivity contribution in [3.05, 3.63) is 53.5 Å². The van der Waals surface area contributed by atoms with Gasteiger partial charge in [-0.05, 0) is 31.2 Å². The fourth-order valence-electron chi connectivity index (χ4n) is 3.52. The van der Waals surface area contributed by atoms with Crippen LogP contribution in [0, 0.1) is 6.92 Å². The Hall–Kier alpha value is -3.67. The number of amides is 1. The van der Waals surface area contributed by atoms with Gasteiger partial charge in [0.25, 0.3) is 5.91 Å². The van der Waals surface area contributed by atoms with Crippen LogP contribution in [0.1, 0.15) is 21.6 Å². The van der Waals surface area contributed by atoms with E-state index in [0.717, 1.165) is 12.1 Å². The van der Waals surface area contributed by atoms with Gasteiger partial charge in [0.05, 0.1) is 35.8 Å². The van der Waals surface area contributed by atoms with Crippen LogP contribution in [0.25, 0.3) is 5.65 Å². The SMILES string of the molecule is Cc1nn2cccnc2c1C(=O)OCC(=O)Nc1cc(C(F)(F)F)ccc1N1CCOCC1. The molecule has 1 aliphatic heterocycles. The summed E-state index contributed by atoms with van der Waals surface area (Å²) in [5.74, 6) is -1.59. The summed E-state index contributed by atoms with van der Waals surface area (Å²) < 4.78 is 51.5. The number of halogens is 3. The summed E-state index contributed by atoms with van der Waals surface area (Å²) in [6, 6.07) is 4.78. The Balaban J connectivity index is 1.50. The van der Waals surface area contributed by atoms with Crippen molar-refractivity contribution in [3.8, 4) is 0 Å². The van der Waals surface area contributed by atoms with Gasteiger partial charge >= 0.3 is 12.1 Å². The molecule has 0 spiro atoms. The minimum absolute atomic E-state index is 0.0263. The van der Waals surface area contributed by atoms with Crippen molar-refractivity contribution in [2.75, 3.05) is 43.1 Å². The fourth-order valence-corrected chi connectivity index (χ4v) is 3.52. The van der Waals surface area contributed by atoms with Crippen LogP contribution in [0.15, 0.2) is 36.7 Å². The molecule has 0 saturated carbocycles. The number of nitrogens with one attached hydrogen (secondary N) is 1. The second-order valence-corrected chi connectivity index (χ2v) is 7.30. The fraction of sp³-hybridized carbons (Fsp3) is 0.333. The average molecular weight is 463 g/mol. The number of alkyl halides is 3. The molecule has 1 aromatic carbocycles. The van der Waals surface area contributed by atoms with Crippen LogP contribution in [0.5, 0.6) is 0 Å². The summed E-state index contributed by atoms with van der Waals surface area (Å²) >= 11 is 0. The van der Waals surface area contributed by atoms with E-state index in [0.29, 0.717) is 37.7 Å². The van der Waals surface area contributed by atoms with Crippen molar-refractivity contribution in [1.29, 1.82) is 0 Å². The molecule has 4 rings (SSSR count). The second-order valence-electron chi connectivity index (χ2n) is 7.30. The largest absolute Gasteiger partial charge is 0.452 e. The maximum absolute atomic E-state index is 13.2. The molecule has 1 saturated heterocycles. The van der Waals surface area contributed by atoms with Crippen LogP contribution < -0.4 is 10.2 Å². The monoisotopic (exact) mass is 463 g/mol. The highest BCUT2D eigenvalue weighted by molar-refractivity contribution is 6.00. The van der Waals surface area contributed by atoms with Gasteiger partial charge in [-0.1, -0.05) is 0 Å². The number of carbonyl (C=O) groups is 2. The van der Waals surface area contributed by atoms with E-state index in [9.17, 15) is 22.8 Å². The van der Waals surface area contributed by atoms with Gasteiger partial charge in [-0.2, -0.15) is 18.3 Å². The minimum atomic E-state index is -4.58. The zero-order valence-corrected chi connectivity index (χ0v) is 17.6. The molecule has 0 atom stereocenters. The highest BCUT2D eigenvalue weighted by atomic mass is 19.4. The molecule has 12 heteroatoms. The molecule has 33 heavy (non-hydrogen) atoms. The molecule has 2 aromatic heterocycles. The van der Waals surface area contributed by atoms with Crippen molar-refractivity contribution in [1.82, 2.24) is 14.6 Å². The molecule has 1 amide bonds. The Morgan fingerprint density at radius 1 is 1.24 bits per heavy atom. The first-order chi connectivity index (χ1) is 15.7. The lowest BCUT2D eigenvalue weighted by molar-refractivity contribution is -0.137. The lowest BCUT2D eigenvalue weighted by Crippen LogP contribution is -2.37. The summed E-state index contributed by atoms with van der Waals surface area (Å²) in [7, 11) is 0. The van der Waals surface area contributed by atoms with Crippen LogP contribution in [-0.4, -0.2) is 59.4 Å². The third kappa shape index (κ3) is 4.90. The van der Waals surface area contributed by atoms with Gasteiger partial charge in [0.1, 0.15) is 5.56 Å². The summed E-state index contributed by atoms with van der Waals surface area (Å²) in [5, 5.41) is 6.59. The van der Waals surface area contributed by atoms with Gasteiger partial charge in [0.2, 0.25) is 0 Å². The van der Waals surface area contributed by atoms with E-state index < -0.39 is 30.2 Å². The molecular weight excluding hydrogens is 443 g/mol. The third-order valence-corrected chi connectivity index (χ3v) is 5.06. The lowest BCUT2D eigenvalue weighted by atomic mass is 10.1. The number of carbonyl (C=O) groups excluding carboxylic acids is 2. The highest BCUT2D eigenvalue weighted by Crippen LogP contribution is 2.35. The van der Waals surface area contributed by atoms with Gasteiger partial charge in [-0.15, -0.1) is 0 Å². The predicted octanol–water partition coefficient (Wildman–Crippen LogP) is 2.69. The first-order valence-corrected chi connectivity index (χ1v) is 10.0. The molecule has 9 nitrogen and oxygen atoms in total. The van der Waals surface area contributed by atoms with E-state index in [1.54, 1.807) is 19.2 Å². The molecule has 174 valence electrons. The Kier molecular flexibility index (Phi) is 6.18. The van der Waals surface area contributed by atoms with E-state index in [4.69, 9.17) is 9.47 Å². The summed E-state index contributed by atoms with van der Waals surface area (Å²) in [4.78, 5) is 30.9. The van der Waals surface area contributed by atoms with Gasteiger partial charge in [0, 0.05) is 25.5 Å². The number of nitrogens with zero attached hydrogens (tertiary/aromatic N) is 4. The van der Waals surface area contributed by atoms with E-state index in [1.807, 2.05) is 4.90 Å². The average Bonchev–Trinajstić information content (AvgIpc) is 3.13. The molecule has 0 bridgehead atoms. The standard InChI is InChI=1S/C21H20F3N5O4/c1-13-18(19-25-5-2-6-29(19)27-13)20(31)33-12-17(30)26-15-11-14(21(22,23)24)3-4-16(15)28-7-9-32-10-8-28/h2-6,11H,7-10,12H2,1H3,(H,26,30). The van der Waals surface area contributed by atoms with E-state index in [-0.39, 0.29) is 16.9 Å². The second kappa shape index (κ2) is 9.06. The van der Waals surface area contributed by atoms with Crippen molar-refractivity contribution < 1.29 is 32.2 Å². The predicted molar refractivity (Wildman–Crippen MR) is 111 cm³/mol. The molecule has 1 fully saturated rings. The molecular formula is C21H20F3N5O4. The number of anilines is 2. The zero-order valence-electron chi connectivity index (χ0n) is 17.6. The molecule has 0 radical (unpaired) electrons. The zero-order chi connectivity index (χ0) is 23.6. The number of hydrogen-bond donors (Lipinski definition) is 1. The van der Waals surface area contributed by atoms with E-state index in [2.05, 4.69) is 15.4 Å². The molecule has 3 heterocycles. The molecule has 0 aliphatic carbocycles. The maximum Gasteiger partial charge on any atom is 0.416 e. The minimum Gasteiger partial charge on any atom is -0.452 e. The topological polar surface area (TPSA) is 98.1 Å². The summed E-state index contributed by atoms with van der Waals surface area (Å²) in [5.41, 5.74) is 0.242. The van der Waals surface area contributed by atoms with Gasteiger partial charge in [0.15, 0.2) is 12.3 Å². The summed E-state index contributed by atoms with van der Waals surface area (Å²) in [6.45, 7) is 2.66. The van der Waals surface area contributed by atoms with Gasteiger partial charge in [-0.25, -0.2) is 14.3 Å². The Morgan fingerprint density at radius 3 is 2.73 bits per heavy atom. The van der Waals surface area contributed by atoms with Crippen molar-refractivity contribution >= 4 is 28.9 Å². The Labute approximate surface area is 186 Å². The number of fused-ring (bicyclic) bond motifs is 1. The first-order valence-electron chi connectivity index (χ1n) is 10.0. The highest BCUT2D eigenvalue weighted by Gasteiger charge is 2.32. The molecule has 1 N–H and O–H groups in total. The van der Waals surface area contributed by atoms with Crippen LogP contribution in [0.2, 0.25) is 0 Å². The number of morpholine rings is 1. The maximum atomic E-state index is 13.2. The van der Waals surface area contributed by atoms with Crippen molar-refractivity contribution in [2.45, 2.75) is 13.1 Å². The quantitative estimate of drug-likeness (QED) is 0.581. The van der Waals surface area contributed by atoms with Gasteiger partial charge in [-0.3, -0.25) is 4.79 Å². The smallest absolute Gasteiger partial charge is 0.416 e. The number of esters is 1. The number of rotatable bonds is 5. The summed E-state index contributed by atoms with van der Waals surface area (Å²) in [6.07, 6.45) is -1.48. The number of hydrogen-bond acceptors (Lipinski definition) is 7.